The molecule has 1 aromatic heterocycles. The molecule has 1 aliphatic rings. The first-order valence-corrected chi connectivity index (χ1v) is 12.0. The lowest BCUT2D eigenvalue weighted by Crippen LogP contribution is -2.51. The molecule has 1 aromatic carbocycles. The molecule has 0 bridgehead atoms. The fourth-order valence-corrected chi connectivity index (χ4v) is 4.50. The number of fused-ring (bicyclic) bond motifs is 1. The molecule has 4 N–H and O–H groups in total. The largest absolute Gasteiger partial charge is 0.497 e. The lowest BCUT2D eigenvalue weighted by atomic mass is 9.87. The van der Waals surface area contributed by atoms with Gasteiger partial charge in [0.2, 0.25) is 11.8 Å². The number of aromatic nitrogens is 1. The molecule has 188 valence electrons. The van der Waals surface area contributed by atoms with Crippen molar-refractivity contribution in [1.29, 1.82) is 5.26 Å². The predicted molar refractivity (Wildman–Crippen MR) is 133 cm³/mol. The number of piperidine rings is 1. The van der Waals surface area contributed by atoms with E-state index in [1.54, 1.807) is 18.2 Å². The number of halogens is 1. The Morgan fingerprint density at radius 2 is 2.03 bits per heavy atom. The molecule has 10 heteroatoms. The van der Waals surface area contributed by atoms with Crippen LogP contribution in [-0.2, 0) is 9.59 Å². The molecular weight excluding hydrogens is 470 g/mol. The standard InChI is InChI=1S/C25H32ClN5O4/c1-25(2,3)12-20(24(34)29-16(13-27)8-14-6-5-7-28-22(14)32)31-23(33)19-10-15-9-17(35-4)11-18(26)21(15)30-19/h9-11,14,16,20,30H,5-8,12H2,1-4H3,(H,28,32)(H,29,34)(H,31,33). The van der Waals surface area contributed by atoms with Gasteiger partial charge in [-0.1, -0.05) is 32.4 Å². The summed E-state index contributed by atoms with van der Waals surface area (Å²) in [6.45, 7) is 6.51. The highest BCUT2D eigenvalue weighted by Crippen LogP contribution is 2.29. The van der Waals surface area contributed by atoms with Crippen molar-refractivity contribution in [1.82, 2.24) is 20.9 Å². The van der Waals surface area contributed by atoms with Crippen LogP contribution in [0.2, 0.25) is 5.02 Å². The zero-order chi connectivity index (χ0) is 25.8. The van der Waals surface area contributed by atoms with Gasteiger partial charge in [0.05, 0.1) is 23.7 Å². The van der Waals surface area contributed by atoms with E-state index in [9.17, 15) is 19.6 Å². The number of nitriles is 1. The number of hydrogen-bond acceptors (Lipinski definition) is 5. The number of nitrogens with zero attached hydrogens (tertiary/aromatic N) is 1. The van der Waals surface area contributed by atoms with Gasteiger partial charge in [-0.25, -0.2) is 0 Å². The molecule has 3 amide bonds. The van der Waals surface area contributed by atoms with Crippen LogP contribution in [0, 0.1) is 22.7 Å². The number of benzene rings is 1. The van der Waals surface area contributed by atoms with Crippen LogP contribution in [-0.4, -0.2) is 48.4 Å². The second-order valence-corrected chi connectivity index (χ2v) is 10.5. The van der Waals surface area contributed by atoms with Gasteiger partial charge in [-0.3, -0.25) is 14.4 Å². The fourth-order valence-electron chi connectivity index (χ4n) is 4.23. The molecule has 3 rings (SSSR count). The number of hydrogen-bond donors (Lipinski definition) is 4. The Morgan fingerprint density at radius 1 is 1.29 bits per heavy atom. The van der Waals surface area contributed by atoms with Crippen molar-refractivity contribution in [3.8, 4) is 11.8 Å². The van der Waals surface area contributed by atoms with Crippen molar-refractivity contribution in [2.24, 2.45) is 11.3 Å². The first kappa shape index (κ1) is 26.4. The number of aromatic amines is 1. The highest BCUT2D eigenvalue weighted by atomic mass is 35.5. The Morgan fingerprint density at radius 3 is 2.66 bits per heavy atom. The second kappa shape index (κ2) is 11.0. The van der Waals surface area contributed by atoms with Gasteiger partial charge >= 0.3 is 0 Å². The fraction of sp³-hybridized carbons (Fsp3) is 0.520. The molecule has 0 saturated carbocycles. The van der Waals surface area contributed by atoms with Crippen LogP contribution < -0.4 is 20.7 Å². The van der Waals surface area contributed by atoms with Gasteiger partial charge in [0.25, 0.3) is 5.91 Å². The molecule has 9 nitrogen and oxygen atoms in total. The molecule has 0 aliphatic carbocycles. The van der Waals surface area contributed by atoms with Gasteiger partial charge < -0.3 is 25.7 Å². The predicted octanol–water partition coefficient (Wildman–Crippen LogP) is 3.29. The average Bonchev–Trinajstić information content (AvgIpc) is 3.23. The lowest BCUT2D eigenvalue weighted by molar-refractivity contribution is -0.128. The number of rotatable bonds is 8. The third kappa shape index (κ3) is 6.89. The number of amides is 3. The van der Waals surface area contributed by atoms with Crippen molar-refractivity contribution in [2.45, 2.75) is 58.5 Å². The summed E-state index contributed by atoms with van der Waals surface area (Å²) in [5.74, 6) is -0.794. The van der Waals surface area contributed by atoms with E-state index in [2.05, 4.69) is 27.0 Å². The minimum atomic E-state index is -0.880. The average molecular weight is 502 g/mol. The zero-order valence-electron chi connectivity index (χ0n) is 20.5. The first-order valence-electron chi connectivity index (χ1n) is 11.7. The van der Waals surface area contributed by atoms with E-state index in [4.69, 9.17) is 16.3 Å². The van der Waals surface area contributed by atoms with Crippen LogP contribution in [0.1, 0.15) is 56.9 Å². The monoisotopic (exact) mass is 501 g/mol. The van der Waals surface area contributed by atoms with Crippen LogP contribution in [0.5, 0.6) is 5.75 Å². The van der Waals surface area contributed by atoms with E-state index in [-0.39, 0.29) is 29.4 Å². The smallest absolute Gasteiger partial charge is 0.268 e. The Kier molecular flexibility index (Phi) is 8.28. The molecule has 1 saturated heterocycles. The molecular formula is C25H32ClN5O4. The van der Waals surface area contributed by atoms with Gasteiger partial charge in [-0.05, 0) is 43.2 Å². The van der Waals surface area contributed by atoms with E-state index in [1.807, 2.05) is 20.8 Å². The van der Waals surface area contributed by atoms with E-state index in [1.165, 1.54) is 7.11 Å². The molecule has 0 spiro atoms. The van der Waals surface area contributed by atoms with Gasteiger partial charge in [0.1, 0.15) is 23.5 Å². The van der Waals surface area contributed by atoms with Crippen LogP contribution in [0.3, 0.4) is 0 Å². The normalized spacial score (nSPS) is 17.7. The third-order valence-corrected chi connectivity index (χ3v) is 6.26. The number of carbonyl (C=O) groups excluding carboxylic acids is 3. The second-order valence-electron chi connectivity index (χ2n) is 10.1. The van der Waals surface area contributed by atoms with Crippen LogP contribution >= 0.6 is 11.6 Å². The summed E-state index contributed by atoms with van der Waals surface area (Å²) in [5, 5.41) is 19.0. The van der Waals surface area contributed by atoms with Crippen LogP contribution in [0.4, 0.5) is 0 Å². The molecule has 2 aromatic rings. The number of methoxy groups -OCH3 is 1. The molecule has 3 atom stereocenters. The molecule has 35 heavy (non-hydrogen) atoms. The Bertz CT molecular complexity index is 1150. The molecule has 1 aliphatic heterocycles. The van der Waals surface area contributed by atoms with Crippen molar-refractivity contribution in [3.05, 3.63) is 28.9 Å². The van der Waals surface area contributed by atoms with Crippen molar-refractivity contribution in [3.63, 3.8) is 0 Å². The lowest BCUT2D eigenvalue weighted by Gasteiger charge is -2.28. The summed E-state index contributed by atoms with van der Waals surface area (Å²) in [7, 11) is 1.53. The van der Waals surface area contributed by atoms with Crippen LogP contribution in [0.25, 0.3) is 10.9 Å². The zero-order valence-corrected chi connectivity index (χ0v) is 21.2. The topological polar surface area (TPSA) is 136 Å². The Hall–Kier alpha value is -3.25. The third-order valence-electron chi connectivity index (χ3n) is 5.96. The van der Waals surface area contributed by atoms with E-state index in [0.717, 1.165) is 6.42 Å². The summed E-state index contributed by atoms with van der Waals surface area (Å²) in [6, 6.07) is 5.41. The summed E-state index contributed by atoms with van der Waals surface area (Å²) >= 11 is 6.30. The summed E-state index contributed by atoms with van der Waals surface area (Å²) in [6.07, 6.45) is 2.09. The SMILES string of the molecule is COc1cc(Cl)c2[nH]c(C(=O)NC(CC(C)(C)C)C(=O)NC(C#N)CC3CCCNC3=O)cc2c1. The maximum atomic E-state index is 13.2. The summed E-state index contributed by atoms with van der Waals surface area (Å²) in [5.41, 5.74) is 0.556. The minimum Gasteiger partial charge on any atom is -0.497 e. The summed E-state index contributed by atoms with van der Waals surface area (Å²) < 4.78 is 5.23. The number of ether oxygens (including phenoxy) is 1. The van der Waals surface area contributed by atoms with Gasteiger partial charge in [0, 0.05) is 23.9 Å². The van der Waals surface area contributed by atoms with Crippen molar-refractivity contribution in [2.75, 3.05) is 13.7 Å². The van der Waals surface area contributed by atoms with E-state index < -0.39 is 23.9 Å². The number of H-pyrrole nitrogens is 1. The first-order chi connectivity index (χ1) is 16.5. The van der Waals surface area contributed by atoms with Gasteiger partial charge in [-0.2, -0.15) is 5.26 Å². The maximum Gasteiger partial charge on any atom is 0.268 e. The Balaban J connectivity index is 1.75. The van der Waals surface area contributed by atoms with E-state index in [0.29, 0.717) is 41.1 Å². The van der Waals surface area contributed by atoms with Gasteiger partial charge in [0.15, 0.2) is 0 Å². The molecule has 1 fully saturated rings. The van der Waals surface area contributed by atoms with Crippen molar-refractivity contribution >= 4 is 40.2 Å². The minimum absolute atomic E-state index is 0.0978. The quantitative estimate of drug-likeness (QED) is 0.440. The molecule has 3 unspecified atom stereocenters. The number of nitrogens with one attached hydrogen (secondary N) is 4. The summed E-state index contributed by atoms with van der Waals surface area (Å²) in [4.78, 5) is 41.3. The van der Waals surface area contributed by atoms with Crippen LogP contribution in [0.15, 0.2) is 18.2 Å². The highest BCUT2D eigenvalue weighted by molar-refractivity contribution is 6.35. The highest BCUT2D eigenvalue weighted by Gasteiger charge is 2.31. The molecule has 2 heterocycles. The maximum absolute atomic E-state index is 13.2. The Labute approximate surface area is 209 Å². The number of carbonyl (C=O) groups is 3. The molecule has 0 radical (unpaired) electrons. The van der Waals surface area contributed by atoms with Gasteiger partial charge in [-0.15, -0.1) is 0 Å². The van der Waals surface area contributed by atoms with E-state index >= 15 is 0 Å². The van der Waals surface area contributed by atoms with Crippen molar-refractivity contribution < 1.29 is 19.1 Å².